The second-order valence-electron chi connectivity index (χ2n) is 4.47. The maximum Gasteiger partial charge on any atom is 0.337 e. The van der Waals surface area contributed by atoms with Gasteiger partial charge in [0.1, 0.15) is 0 Å². The molecule has 0 spiro atoms. The average molecular weight is 290 g/mol. The van der Waals surface area contributed by atoms with Gasteiger partial charge in [0.15, 0.2) is 0 Å². The molecule has 0 atom stereocenters. The number of carboxylic acid groups (broad SMARTS) is 1. The third kappa shape index (κ3) is 3.31. The molecule has 0 aliphatic rings. The van der Waals surface area contributed by atoms with Crippen molar-refractivity contribution in [2.24, 2.45) is 0 Å². The number of hydrogen-bond donors (Lipinski definition) is 1. The zero-order valence-electron chi connectivity index (χ0n) is 11.2. The first kappa shape index (κ1) is 14.4. The maximum atomic E-state index is 11.0. The fraction of sp³-hybridized carbons (Fsp3) is 0.188. The molecule has 0 aromatic heterocycles. The van der Waals surface area contributed by atoms with Crippen molar-refractivity contribution in [2.45, 2.75) is 13.5 Å². The van der Waals surface area contributed by atoms with Gasteiger partial charge < -0.3 is 10.0 Å². The molecule has 0 unspecified atom stereocenters. The Morgan fingerprint density at radius 2 is 1.90 bits per heavy atom. The predicted octanol–water partition coefficient (Wildman–Crippen LogP) is 4.06. The molecule has 0 saturated carbocycles. The summed E-state index contributed by atoms with van der Waals surface area (Å²) in [5.41, 5.74) is 2.25. The molecule has 0 aliphatic heterocycles. The summed E-state index contributed by atoms with van der Waals surface area (Å²) >= 11 is 6.02. The zero-order valence-corrected chi connectivity index (χ0v) is 12.0. The molecule has 3 nitrogen and oxygen atoms in total. The summed E-state index contributed by atoms with van der Waals surface area (Å²) < 4.78 is 0. The third-order valence-corrected chi connectivity index (χ3v) is 3.46. The van der Waals surface area contributed by atoms with E-state index in [1.165, 1.54) is 5.56 Å². The van der Waals surface area contributed by atoms with E-state index in [0.717, 1.165) is 18.8 Å². The van der Waals surface area contributed by atoms with Crippen LogP contribution >= 0.6 is 11.6 Å². The van der Waals surface area contributed by atoms with Crippen LogP contribution in [0.2, 0.25) is 5.02 Å². The highest BCUT2D eigenvalue weighted by molar-refractivity contribution is 6.33. The lowest BCUT2D eigenvalue weighted by atomic mass is 10.1. The minimum atomic E-state index is -1.01. The number of nitrogens with zero attached hydrogens (tertiary/aromatic N) is 1. The number of carboxylic acids is 1. The first-order chi connectivity index (χ1) is 9.61. The molecule has 0 saturated heterocycles. The van der Waals surface area contributed by atoms with Crippen LogP contribution in [0, 0.1) is 0 Å². The van der Waals surface area contributed by atoms with Crippen molar-refractivity contribution in [3.63, 3.8) is 0 Å². The topological polar surface area (TPSA) is 40.5 Å². The standard InChI is InChI=1S/C16H16ClNO2/c1-2-18(11-12-6-4-3-5-7-12)13-8-9-14(16(19)20)15(17)10-13/h3-10H,2,11H2,1H3,(H,19,20). The molecule has 2 aromatic carbocycles. The number of rotatable bonds is 5. The van der Waals surface area contributed by atoms with E-state index in [2.05, 4.69) is 24.0 Å². The van der Waals surface area contributed by atoms with Gasteiger partial charge in [-0.15, -0.1) is 0 Å². The number of anilines is 1. The monoisotopic (exact) mass is 289 g/mol. The molecular weight excluding hydrogens is 274 g/mol. The Labute approximate surface area is 123 Å². The Kier molecular flexibility index (Phi) is 4.64. The van der Waals surface area contributed by atoms with Crippen molar-refractivity contribution >= 4 is 23.3 Å². The van der Waals surface area contributed by atoms with Gasteiger partial charge in [0.2, 0.25) is 0 Å². The van der Waals surface area contributed by atoms with E-state index >= 15 is 0 Å². The maximum absolute atomic E-state index is 11.0. The van der Waals surface area contributed by atoms with Crippen LogP contribution < -0.4 is 4.90 Å². The van der Waals surface area contributed by atoms with Crippen molar-refractivity contribution in [1.29, 1.82) is 0 Å². The minimum absolute atomic E-state index is 0.131. The van der Waals surface area contributed by atoms with Crippen molar-refractivity contribution in [3.8, 4) is 0 Å². The van der Waals surface area contributed by atoms with E-state index in [-0.39, 0.29) is 10.6 Å². The lowest BCUT2D eigenvalue weighted by Crippen LogP contribution is -2.22. The number of halogens is 1. The fourth-order valence-electron chi connectivity index (χ4n) is 2.06. The normalized spacial score (nSPS) is 10.3. The Bertz CT molecular complexity index is 599. The highest BCUT2D eigenvalue weighted by Gasteiger charge is 2.12. The zero-order chi connectivity index (χ0) is 14.5. The predicted molar refractivity (Wildman–Crippen MR) is 81.6 cm³/mol. The second-order valence-corrected chi connectivity index (χ2v) is 4.88. The van der Waals surface area contributed by atoms with Gasteiger partial charge >= 0.3 is 5.97 Å². The van der Waals surface area contributed by atoms with E-state index in [0.29, 0.717) is 0 Å². The molecule has 0 bridgehead atoms. The molecule has 0 radical (unpaired) electrons. The number of aromatic carboxylic acids is 1. The van der Waals surface area contributed by atoms with E-state index in [1.807, 2.05) is 18.2 Å². The average Bonchev–Trinajstić information content (AvgIpc) is 2.45. The molecule has 104 valence electrons. The van der Waals surface area contributed by atoms with Crippen LogP contribution in [0.15, 0.2) is 48.5 Å². The summed E-state index contributed by atoms with van der Waals surface area (Å²) in [6, 6.07) is 15.2. The molecule has 0 heterocycles. The van der Waals surface area contributed by atoms with Gasteiger partial charge in [-0.25, -0.2) is 4.79 Å². The molecule has 0 amide bonds. The first-order valence-corrected chi connectivity index (χ1v) is 6.81. The van der Waals surface area contributed by atoms with E-state index in [1.54, 1.807) is 18.2 Å². The summed E-state index contributed by atoms with van der Waals surface area (Å²) in [7, 11) is 0. The van der Waals surface area contributed by atoms with E-state index in [4.69, 9.17) is 16.7 Å². The van der Waals surface area contributed by atoms with Gasteiger partial charge in [-0.1, -0.05) is 41.9 Å². The van der Waals surface area contributed by atoms with Crippen LogP contribution in [-0.4, -0.2) is 17.6 Å². The van der Waals surface area contributed by atoms with Crippen molar-refractivity contribution < 1.29 is 9.90 Å². The minimum Gasteiger partial charge on any atom is -0.478 e. The Balaban J connectivity index is 2.24. The highest BCUT2D eigenvalue weighted by atomic mass is 35.5. The van der Waals surface area contributed by atoms with Gasteiger partial charge in [0, 0.05) is 18.8 Å². The van der Waals surface area contributed by atoms with Crippen LogP contribution in [0.4, 0.5) is 5.69 Å². The molecule has 1 N–H and O–H groups in total. The lowest BCUT2D eigenvalue weighted by Gasteiger charge is -2.23. The quantitative estimate of drug-likeness (QED) is 0.902. The summed E-state index contributed by atoms with van der Waals surface area (Å²) in [6.45, 7) is 3.64. The van der Waals surface area contributed by atoms with Crippen molar-refractivity contribution in [2.75, 3.05) is 11.4 Å². The molecule has 2 rings (SSSR count). The smallest absolute Gasteiger partial charge is 0.337 e. The Morgan fingerprint density at radius 1 is 1.20 bits per heavy atom. The number of carbonyl (C=O) groups is 1. The Morgan fingerprint density at radius 3 is 2.45 bits per heavy atom. The fourth-order valence-corrected chi connectivity index (χ4v) is 2.32. The molecule has 0 fully saturated rings. The Hall–Kier alpha value is -2.00. The lowest BCUT2D eigenvalue weighted by molar-refractivity contribution is 0.0697. The molecule has 2 aromatic rings. The first-order valence-electron chi connectivity index (χ1n) is 6.43. The van der Waals surface area contributed by atoms with Crippen LogP contribution in [0.3, 0.4) is 0 Å². The van der Waals surface area contributed by atoms with Crippen molar-refractivity contribution in [1.82, 2.24) is 0 Å². The van der Waals surface area contributed by atoms with Gasteiger partial charge in [0.25, 0.3) is 0 Å². The number of hydrogen-bond acceptors (Lipinski definition) is 2. The summed E-state index contributed by atoms with van der Waals surface area (Å²) in [5.74, 6) is -1.01. The summed E-state index contributed by atoms with van der Waals surface area (Å²) in [4.78, 5) is 13.1. The van der Waals surface area contributed by atoms with Crippen LogP contribution in [0.5, 0.6) is 0 Å². The van der Waals surface area contributed by atoms with Gasteiger partial charge in [-0.2, -0.15) is 0 Å². The van der Waals surface area contributed by atoms with Gasteiger partial charge in [0.05, 0.1) is 10.6 Å². The summed E-state index contributed by atoms with van der Waals surface area (Å²) in [5, 5.41) is 9.25. The van der Waals surface area contributed by atoms with Gasteiger partial charge in [-0.3, -0.25) is 0 Å². The highest BCUT2D eigenvalue weighted by Crippen LogP contribution is 2.25. The van der Waals surface area contributed by atoms with Gasteiger partial charge in [-0.05, 0) is 30.7 Å². The van der Waals surface area contributed by atoms with Crippen molar-refractivity contribution in [3.05, 3.63) is 64.7 Å². The molecule has 0 aliphatic carbocycles. The third-order valence-electron chi connectivity index (χ3n) is 3.15. The molecule has 4 heteroatoms. The summed E-state index contributed by atoms with van der Waals surface area (Å²) in [6.07, 6.45) is 0. The molecule has 20 heavy (non-hydrogen) atoms. The van der Waals surface area contributed by atoms with E-state index in [9.17, 15) is 4.79 Å². The molecular formula is C16H16ClNO2. The SMILES string of the molecule is CCN(Cc1ccccc1)c1ccc(C(=O)O)c(Cl)c1. The second kappa shape index (κ2) is 6.44. The van der Waals surface area contributed by atoms with Crippen LogP contribution in [0.1, 0.15) is 22.8 Å². The largest absolute Gasteiger partial charge is 0.478 e. The van der Waals surface area contributed by atoms with Crippen LogP contribution in [-0.2, 0) is 6.54 Å². The van der Waals surface area contributed by atoms with E-state index < -0.39 is 5.97 Å². The number of benzene rings is 2. The van der Waals surface area contributed by atoms with Crippen LogP contribution in [0.25, 0.3) is 0 Å².